The summed E-state index contributed by atoms with van der Waals surface area (Å²) in [5.41, 5.74) is 1.04. The van der Waals surface area contributed by atoms with Gasteiger partial charge in [0.2, 0.25) is 0 Å². The SMILES string of the molecule is O=C(COc1ccc(Cl)c(F)c1)N[C@H]1CC[C@H](CNC(=O)c2ccc3ccc(Cl)cc3n2)CC1. The number of halogens is 3. The molecule has 1 aliphatic rings. The average Bonchev–Trinajstić information content (AvgIpc) is 2.83. The molecule has 34 heavy (non-hydrogen) atoms. The van der Waals surface area contributed by atoms with Crippen molar-refractivity contribution in [2.24, 2.45) is 5.92 Å². The predicted molar refractivity (Wildman–Crippen MR) is 130 cm³/mol. The number of benzene rings is 2. The molecule has 0 saturated heterocycles. The smallest absolute Gasteiger partial charge is 0.269 e. The molecule has 2 aromatic carbocycles. The molecule has 0 aliphatic heterocycles. The van der Waals surface area contributed by atoms with Crippen LogP contribution in [-0.4, -0.2) is 36.0 Å². The molecule has 1 fully saturated rings. The van der Waals surface area contributed by atoms with Crippen molar-refractivity contribution in [1.82, 2.24) is 15.6 Å². The van der Waals surface area contributed by atoms with E-state index in [1.54, 1.807) is 18.2 Å². The van der Waals surface area contributed by atoms with E-state index >= 15 is 0 Å². The highest BCUT2D eigenvalue weighted by Gasteiger charge is 2.23. The van der Waals surface area contributed by atoms with Crippen molar-refractivity contribution in [3.63, 3.8) is 0 Å². The minimum Gasteiger partial charge on any atom is -0.484 e. The van der Waals surface area contributed by atoms with Crippen molar-refractivity contribution in [3.8, 4) is 5.75 Å². The van der Waals surface area contributed by atoms with Gasteiger partial charge in [-0.1, -0.05) is 35.3 Å². The molecule has 1 aliphatic carbocycles. The van der Waals surface area contributed by atoms with Crippen molar-refractivity contribution in [3.05, 3.63) is 70.1 Å². The summed E-state index contributed by atoms with van der Waals surface area (Å²) in [7, 11) is 0. The number of aromatic nitrogens is 1. The summed E-state index contributed by atoms with van der Waals surface area (Å²) in [4.78, 5) is 29.1. The lowest BCUT2D eigenvalue weighted by Crippen LogP contribution is -2.41. The van der Waals surface area contributed by atoms with Gasteiger partial charge in [0.1, 0.15) is 17.3 Å². The van der Waals surface area contributed by atoms with E-state index in [1.165, 1.54) is 12.1 Å². The van der Waals surface area contributed by atoms with Gasteiger partial charge in [0.25, 0.3) is 11.8 Å². The topological polar surface area (TPSA) is 80.3 Å². The Labute approximate surface area is 206 Å². The molecule has 4 rings (SSSR count). The number of fused-ring (bicyclic) bond motifs is 1. The fraction of sp³-hybridized carbons (Fsp3) is 0.320. The number of rotatable bonds is 7. The highest BCUT2D eigenvalue weighted by molar-refractivity contribution is 6.31. The second kappa shape index (κ2) is 11.0. The highest BCUT2D eigenvalue weighted by atomic mass is 35.5. The maximum absolute atomic E-state index is 13.5. The van der Waals surface area contributed by atoms with Gasteiger partial charge in [-0.15, -0.1) is 0 Å². The van der Waals surface area contributed by atoms with Crippen LogP contribution in [0.3, 0.4) is 0 Å². The van der Waals surface area contributed by atoms with Crippen molar-refractivity contribution >= 4 is 45.9 Å². The Morgan fingerprint density at radius 3 is 2.56 bits per heavy atom. The minimum absolute atomic E-state index is 0.00295. The Morgan fingerprint density at radius 1 is 1.03 bits per heavy atom. The van der Waals surface area contributed by atoms with E-state index in [1.807, 2.05) is 12.1 Å². The Morgan fingerprint density at radius 2 is 1.79 bits per heavy atom. The van der Waals surface area contributed by atoms with Crippen LogP contribution in [0.15, 0.2) is 48.5 Å². The van der Waals surface area contributed by atoms with Crippen molar-refractivity contribution in [2.75, 3.05) is 13.2 Å². The summed E-state index contributed by atoms with van der Waals surface area (Å²) in [5.74, 6) is -0.478. The van der Waals surface area contributed by atoms with E-state index in [-0.39, 0.29) is 35.2 Å². The van der Waals surface area contributed by atoms with Crippen LogP contribution in [0.5, 0.6) is 5.75 Å². The molecule has 9 heteroatoms. The van der Waals surface area contributed by atoms with Crippen LogP contribution in [-0.2, 0) is 4.79 Å². The van der Waals surface area contributed by atoms with Crippen LogP contribution in [0, 0.1) is 11.7 Å². The lowest BCUT2D eigenvalue weighted by Gasteiger charge is -2.29. The maximum Gasteiger partial charge on any atom is 0.269 e. The third kappa shape index (κ3) is 6.36. The number of ether oxygens (including phenoxy) is 1. The number of hydrogen-bond donors (Lipinski definition) is 2. The molecule has 0 atom stereocenters. The summed E-state index contributed by atoms with van der Waals surface area (Å²) in [6, 6.07) is 13.1. The first-order valence-corrected chi connectivity index (χ1v) is 11.8. The van der Waals surface area contributed by atoms with Crippen LogP contribution < -0.4 is 15.4 Å². The third-order valence-corrected chi connectivity index (χ3v) is 6.45. The summed E-state index contributed by atoms with van der Waals surface area (Å²) in [6.07, 6.45) is 3.40. The Balaban J connectivity index is 1.18. The molecule has 1 saturated carbocycles. The Bertz CT molecular complexity index is 1200. The molecule has 0 spiro atoms. The largest absolute Gasteiger partial charge is 0.484 e. The van der Waals surface area contributed by atoms with E-state index in [0.29, 0.717) is 28.7 Å². The number of amides is 2. The van der Waals surface area contributed by atoms with E-state index < -0.39 is 5.82 Å². The van der Waals surface area contributed by atoms with Gasteiger partial charge >= 0.3 is 0 Å². The molecule has 6 nitrogen and oxygen atoms in total. The normalized spacial score (nSPS) is 17.9. The van der Waals surface area contributed by atoms with Crippen LogP contribution in [0.25, 0.3) is 10.9 Å². The van der Waals surface area contributed by atoms with Crippen LogP contribution in [0.4, 0.5) is 4.39 Å². The van der Waals surface area contributed by atoms with Gasteiger partial charge in [-0.25, -0.2) is 9.37 Å². The fourth-order valence-corrected chi connectivity index (χ4v) is 4.32. The second-order valence-corrected chi connectivity index (χ2v) is 9.24. The number of pyridine rings is 1. The molecule has 1 heterocycles. The van der Waals surface area contributed by atoms with E-state index in [9.17, 15) is 14.0 Å². The standard InChI is InChI=1S/C25H24Cl2FN3O3/c26-17-5-3-16-4-10-22(31-23(16)11-17)25(33)29-13-15-1-6-18(7-2-15)30-24(32)14-34-19-8-9-20(27)21(28)12-19/h3-5,8-12,15,18H,1-2,6-7,13-14H2,(H,29,33)(H,30,32)/t15-,18-. The number of nitrogens with one attached hydrogen (secondary N) is 2. The first-order valence-electron chi connectivity index (χ1n) is 11.1. The van der Waals surface area contributed by atoms with Crippen LogP contribution in [0.2, 0.25) is 10.0 Å². The lowest BCUT2D eigenvalue weighted by atomic mass is 9.86. The van der Waals surface area contributed by atoms with E-state index in [0.717, 1.165) is 37.1 Å². The molecule has 2 amide bonds. The van der Waals surface area contributed by atoms with Gasteiger partial charge in [-0.3, -0.25) is 9.59 Å². The quantitative estimate of drug-likeness (QED) is 0.466. The minimum atomic E-state index is -0.592. The monoisotopic (exact) mass is 503 g/mol. The maximum atomic E-state index is 13.5. The van der Waals surface area contributed by atoms with Crippen LogP contribution >= 0.6 is 23.2 Å². The van der Waals surface area contributed by atoms with E-state index in [4.69, 9.17) is 27.9 Å². The summed E-state index contributed by atoms with van der Waals surface area (Å²) in [5, 5.41) is 7.43. The Kier molecular flexibility index (Phi) is 7.85. The zero-order valence-corrected chi connectivity index (χ0v) is 19.8. The summed E-state index contributed by atoms with van der Waals surface area (Å²) < 4.78 is 18.8. The van der Waals surface area contributed by atoms with Gasteiger partial charge in [-0.05, 0) is 61.9 Å². The zero-order chi connectivity index (χ0) is 24.1. The summed E-state index contributed by atoms with van der Waals surface area (Å²) in [6.45, 7) is 0.362. The fourth-order valence-electron chi connectivity index (χ4n) is 4.04. The number of carbonyl (C=O) groups excluding carboxylic acids is 2. The number of hydrogen-bond acceptors (Lipinski definition) is 4. The van der Waals surface area contributed by atoms with Crippen molar-refractivity contribution in [1.29, 1.82) is 0 Å². The van der Waals surface area contributed by atoms with Gasteiger partial charge in [-0.2, -0.15) is 0 Å². The van der Waals surface area contributed by atoms with Gasteiger partial charge in [0.15, 0.2) is 6.61 Å². The van der Waals surface area contributed by atoms with Crippen LogP contribution in [0.1, 0.15) is 36.2 Å². The first kappa shape index (κ1) is 24.2. The second-order valence-electron chi connectivity index (χ2n) is 8.39. The van der Waals surface area contributed by atoms with Gasteiger partial charge in [0.05, 0.1) is 10.5 Å². The van der Waals surface area contributed by atoms with Gasteiger partial charge < -0.3 is 15.4 Å². The van der Waals surface area contributed by atoms with E-state index in [2.05, 4.69) is 15.6 Å². The molecular weight excluding hydrogens is 480 g/mol. The summed E-state index contributed by atoms with van der Waals surface area (Å²) >= 11 is 11.7. The van der Waals surface area contributed by atoms with Gasteiger partial charge in [0, 0.05) is 29.1 Å². The molecule has 0 unspecified atom stereocenters. The molecule has 0 bridgehead atoms. The molecule has 178 valence electrons. The predicted octanol–water partition coefficient (Wildman–Crippen LogP) is 5.16. The lowest BCUT2D eigenvalue weighted by molar-refractivity contribution is -0.124. The number of carbonyl (C=O) groups is 2. The third-order valence-electron chi connectivity index (χ3n) is 5.91. The first-order chi connectivity index (χ1) is 16.4. The average molecular weight is 504 g/mol. The number of nitrogens with zero attached hydrogens (tertiary/aromatic N) is 1. The molecule has 0 radical (unpaired) electrons. The highest BCUT2D eigenvalue weighted by Crippen LogP contribution is 2.24. The molecule has 3 aromatic rings. The van der Waals surface area contributed by atoms with Crippen molar-refractivity contribution in [2.45, 2.75) is 31.7 Å². The van der Waals surface area contributed by atoms with Crippen molar-refractivity contribution < 1.29 is 18.7 Å². The zero-order valence-electron chi connectivity index (χ0n) is 18.3. The molecular formula is C25H24Cl2FN3O3. The molecule has 1 aromatic heterocycles. The molecule has 2 N–H and O–H groups in total. The Hall–Kier alpha value is -2.90.